The highest BCUT2D eigenvalue weighted by atomic mass is 35.5. The first kappa shape index (κ1) is 15.5. The summed E-state index contributed by atoms with van der Waals surface area (Å²) in [7, 11) is -3.21. The van der Waals surface area contributed by atoms with Crippen LogP contribution in [0.1, 0.15) is 26.7 Å². The summed E-state index contributed by atoms with van der Waals surface area (Å²) in [5, 5.41) is 3.76. The fourth-order valence-corrected chi connectivity index (χ4v) is 3.03. The standard InChI is InChI=1S/C13H20ClNO2S/c1-3-4-11(2)15-9-10-18(16,17)13-7-5-12(14)6-8-13/h5-8,11,15H,3-4,9-10H2,1-2H3. The molecule has 1 atom stereocenters. The second-order valence-corrected chi connectivity index (χ2v) is 6.96. The Bertz CT molecular complexity index is 456. The van der Waals surface area contributed by atoms with E-state index in [2.05, 4.69) is 19.2 Å². The molecule has 3 nitrogen and oxygen atoms in total. The van der Waals surface area contributed by atoms with E-state index in [1.165, 1.54) is 0 Å². The lowest BCUT2D eigenvalue weighted by molar-refractivity contribution is 0.520. The summed E-state index contributed by atoms with van der Waals surface area (Å²) >= 11 is 5.74. The summed E-state index contributed by atoms with van der Waals surface area (Å²) in [5.41, 5.74) is 0. The molecule has 0 bridgehead atoms. The normalized spacial score (nSPS) is 13.5. The van der Waals surface area contributed by atoms with E-state index in [0.29, 0.717) is 22.5 Å². The number of halogens is 1. The van der Waals surface area contributed by atoms with Gasteiger partial charge in [0.15, 0.2) is 9.84 Å². The summed E-state index contributed by atoms with van der Waals surface area (Å²) in [6.45, 7) is 4.66. The van der Waals surface area contributed by atoms with Crippen LogP contribution in [0.3, 0.4) is 0 Å². The molecule has 1 unspecified atom stereocenters. The molecule has 0 heterocycles. The van der Waals surface area contributed by atoms with Gasteiger partial charge in [-0.25, -0.2) is 8.42 Å². The Morgan fingerprint density at radius 2 is 1.89 bits per heavy atom. The van der Waals surface area contributed by atoms with E-state index in [4.69, 9.17) is 11.6 Å². The van der Waals surface area contributed by atoms with Gasteiger partial charge in [0.1, 0.15) is 0 Å². The van der Waals surface area contributed by atoms with Gasteiger partial charge in [-0.2, -0.15) is 0 Å². The molecule has 102 valence electrons. The predicted molar refractivity (Wildman–Crippen MR) is 75.9 cm³/mol. The highest BCUT2D eigenvalue weighted by Gasteiger charge is 2.14. The van der Waals surface area contributed by atoms with Gasteiger partial charge >= 0.3 is 0 Å². The van der Waals surface area contributed by atoms with Crippen LogP contribution >= 0.6 is 11.6 Å². The van der Waals surface area contributed by atoms with E-state index < -0.39 is 9.84 Å². The first-order valence-electron chi connectivity index (χ1n) is 6.17. The van der Waals surface area contributed by atoms with Crippen LogP contribution in [0.4, 0.5) is 0 Å². The van der Waals surface area contributed by atoms with Crippen LogP contribution in [0.5, 0.6) is 0 Å². The van der Waals surface area contributed by atoms with Gasteiger partial charge in [0.05, 0.1) is 10.6 Å². The quantitative estimate of drug-likeness (QED) is 0.839. The van der Waals surface area contributed by atoms with E-state index >= 15 is 0 Å². The Balaban J connectivity index is 2.52. The number of hydrogen-bond donors (Lipinski definition) is 1. The fourth-order valence-electron chi connectivity index (χ4n) is 1.73. The minimum Gasteiger partial charge on any atom is -0.313 e. The van der Waals surface area contributed by atoms with Gasteiger partial charge in [-0.15, -0.1) is 0 Å². The molecule has 0 saturated carbocycles. The number of nitrogens with one attached hydrogen (secondary N) is 1. The number of sulfone groups is 1. The molecule has 1 aromatic rings. The van der Waals surface area contributed by atoms with Crippen molar-refractivity contribution < 1.29 is 8.42 Å². The third-order valence-electron chi connectivity index (χ3n) is 2.76. The Morgan fingerprint density at radius 1 is 1.28 bits per heavy atom. The molecule has 0 aliphatic carbocycles. The van der Waals surface area contributed by atoms with Crippen LogP contribution < -0.4 is 5.32 Å². The minimum absolute atomic E-state index is 0.114. The predicted octanol–water partition coefficient (Wildman–Crippen LogP) is 2.89. The second-order valence-electron chi connectivity index (χ2n) is 4.42. The average Bonchev–Trinajstić information content (AvgIpc) is 2.29. The second kappa shape index (κ2) is 7.12. The molecular weight excluding hydrogens is 270 g/mol. The Hall–Kier alpha value is -0.580. The highest BCUT2D eigenvalue weighted by molar-refractivity contribution is 7.91. The van der Waals surface area contributed by atoms with Crippen LogP contribution in [-0.2, 0) is 9.84 Å². The Kier molecular flexibility index (Phi) is 6.12. The molecule has 1 N–H and O–H groups in total. The van der Waals surface area contributed by atoms with Crippen molar-refractivity contribution in [1.82, 2.24) is 5.32 Å². The molecule has 0 amide bonds. The van der Waals surface area contributed by atoms with Crippen LogP contribution in [0.15, 0.2) is 29.2 Å². The molecule has 18 heavy (non-hydrogen) atoms. The Morgan fingerprint density at radius 3 is 2.44 bits per heavy atom. The van der Waals surface area contributed by atoms with Gasteiger partial charge in [0, 0.05) is 17.6 Å². The summed E-state index contributed by atoms with van der Waals surface area (Å²) in [5.74, 6) is 0.114. The van der Waals surface area contributed by atoms with Crippen molar-refractivity contribution in [3.63, 3.8) is 0 Å². The van der Waals surface area contributed by atoms with E-state index in [0.717, 1.165) is 12.8 Å². The number of benzene rings is 1. The molecule has 0 spiro atoms. The zero-order chi connectivity index (χ0) is 13.6. The molecule has 0 aliphatic rings. The van der Waals surface area contributed by atoms with Crippen LogP contribution in [0.25, 0.3) is 0 Å². The van der Waals surface area contributed by atoms with Gasteiger partial charge in [0.2, 0.25) is 0 Å². The van der Waals surface area contributed by atoms with Crippen LogP contribution in [-0.4, -0.2) is 26.8 Å². The summed E-state index contributed by atoms with van der Waals surface area (Å²) in [6.07, 6.45) is 2.15. The minimum atomic E-state index is -3.21. The van der Waals surface area contributed by atoms with Gasteiger partial charge in [-0.3, -0.25) is 0 Å². The monoisotopic (exact) mass is 289 g/mol. The van der Waals surface area contributed by atoms with E-state index in [1.54, 1.807) is 24.3 Å². The fraction of sp³-hybridized carbons (Fsp3) is 0.538. The van der Waals surface area contributed by atoms with Crippen molar-refractivity contribution in [1.29, 1.82) is 0 Å². The zero-order valence-electron chi connectivity index (χ0n) is 10.8. The van der Waals surface area contributed by atoms with E-state index in [1.807, 2.05) is 0 Å². The van der Waals surface area contributed by atoms with Crippen molar-refractivity contribution in [2.75, 3.05) is 12.3 Å². The van der Waals surface area contributed by atoms with Gasteiger partial charge in [0.25, 0.3) is 0 Å². The summed E-state index contributed by atoms with van der Waals surface area (Å²) < 4.78 is 24.0. The first-order valence-corrected chi connectivity index (χ1v) is 8.20. The van der Waals surface area contributed by atoms with Crippen LogP contribution in [0.2, 0.25) is 5.02 Å². The maximum atomic E-state index is 12.0. The van der Waals surface area contributed by atoms with Gasteiger partial charge in [-0.1, -0.05) is 24.9 Å². The van der Waals surface area contributed by atoms with Gasteiger partial charge in [-0.05, 0) is 37.6 Å². The van der Waals surface area contributed by atoms with Crippen molar-refractivity contribution in [2.45, 2.75) is 37.6 Å². The molecule has 1 aromatic carbocycles. The van der Waals surface area contributed by atoms with E-state index in [-0.39, 0.29) is 5.75 Å². The smallest absolute Gasteiger partial charge is 0.179 e. The zero-order valence-corrected chi connectivity index (χ0v) is 12.4. The highest BCUT2D eigenvalue weighted by Crippen LogP contribution is 2.15. The molecular formula is C13H20ClNO2S. The third kappa shape index (κ3) is 4.96. The Labute approximate surface area is 114 Å². The third-order valence-corrected chi connectivity index (χ3v) is 4.74. The maximum Gasteiger partial charge on any atom is 0.179 e. The lowest BCUT2D eigenvalue weighted by atomic mass is 10.2. The molecule has 0 aliphatic heterocycles. The summed E-state index contributed by atoms with van der Waals surface area (Å²) in [6, 6.07) is 6.65. The topological polar surface area (TPSA) is 46.2 Å². The van der Waals surface area contributed by atoms with Crippen molar-refractivity contribution in [2.24, 2.45) is 0 Å². The molecule has 1 rings (SSSR count). The van der Waals surface area contributed by atoms with Crippen LogP contribution in [0, 0.1) is 0 Å². The van der Waals surface area contributed by atoms with Crippen molar-refractivity contribution in [3.05, 3.63) is 29.3 Å². The number of hydrogen-bond acceptors (Lipinski definition) is 3. The SMILES string of the molecule is CCCC(C)NCCS(=O)(=O)c1ccc(Cl)cc1. The van der Waals surface area contributed by atoms with Crippen molar-refractivity contribution in [3.8, 4) is 0 Å². The van der Waals surface area contributed by atoms with E-state index in [9.17, 15) is 8.42 Å². The largest absolute Gasteiger partial charge is 0.313 e. The maximum absolute atomic E-state index is 12.0. The molecule has 5 heteroatoms. The molecule has 0 fully saturated rings. The van der Waals surface area contributed by atoms with Crippen molar-refractivity contribution >= 4 is 21.4 Å². The molecule has 0 radical (unpaired) electrons. The lowest BCUT2D eigenvalue weighted by Crippen LogP contribution is -2.30. The average molecular weight is 290 g/mol. The lowest BCUT2D eigenvalue weighted by Gasteiger charge is -2.12. The summed E-state index contributed by atoms with van der Waals surface area (Å²) in [4.78, 5) is 0.330. The van der Waals surface area contributed by atoms with Gasteiger partial charge < -0.3 is 5.32 Å². The number of rotatable bonds is 7. The molecule has 0 aromatic heterocycles. The molecule has 0 saturated heterocycles. The first-order chi connectivity index (χ1) is 8.45.